The molecule has 1 fully saturated rings. The number of likely N-dealkylation sites (tertiary alicyclic amines) is 1. The molecule has 1 aliphatic rings. The minimum Gasteiger partial charge on any atom is -0.508 e. The lowest BCUT2D eigenvalue weighted by Gasteiger charge is -2.31. The number of phenols is 1. The molecule has 0 aromatic heterocycles. The van der Waals surface area contributed by atoms with Gasteiger partial charge < -0.3 is 14.7 Å². The van der Waals surface area contributed by atoms with E-state index >= 15 is 0 Å². The number of carbonyl (C=O) groups excluding carboxylic acids is 1. The van der Waals surface area contributed by atoms with Crippen LogP contribution in [0, 0.1) is 5.92 Å². The predicted octanol–water partition coefficient (Wildman–Crippen LogP) is 5.67. The number of nitrogens with zero attached hydrogens (tertiary/aromatic N) is 1. The van der Waals surface area contributed by atoms with E-state index in [0.717, 1.165) is 29.5 Å². The van der Waals surface area contributed by atoms with Crippen molar-refractivity contribution >= 4 is 6.09 Å². The molecule has 3 rings (SSSR count). The number of carbonyl (C=O) groups is 1. The first-order valence-corrected chi connectivity index (χ1v) is 9.99. The van der Waals surface area contributed by atoms with Crippen molar-refractivity contribution in [3.05, 3.63) is 84.5 Å². The Morgan fingerprint density at radius 3 is 2.10 bits per heavy atom. The largest absolute Gasteiger partial charge is 0.508 e. The molecule has 0 saturated carbocycles. The molecule has 1 heterocycles. The molecular formula is C25H29NO3. The maximum Gasteiger partial charge on any atom is 0.415 e. The van der Waals surface area contributed by atoms with Gasteiger partial charge in [0.1, 0.15) is 11.5 Å². The van der Waals surface area contributed by atoms with Crippen LogP contribution in [0.2, 0.25) is 0 Å². The number of amides is 1. The van der Waals surface area contributed by atoms with E-state index in [9.17, 15) is 9.90 Å². The fraction of sp³-hybridized carbons (Fsp3) is 0.320. The van der Waals surface area contributed by atoms with Crippen LogP contribution in [0.1, 0.15) is 37.8 Å². The van der Waals surface area contributed by atoms with Crippen LogP contribution in [0.3, 0.4) is 0 Å². The maximum atomic E-state index is 12.5. The number of hydrogen-bond acceptors (Lipinski definition) is 3. The van der Waals surface area contributed by atoms with Crippen LogP contribution >= 0.6 is 0 Å². The van der Waals surface area contributed by atoms with Crippen LogP contribution in [0.4, 0.5) is 4.79 Å². The second kappa shape index (κ2) is 8.56. The van der Waals surface area contributed by atoms with Gasteiger partial charge in [-0.2, -0.15) is 0 Å². The Labute approximate surface area is 173 Å². The van der Waals surface area contributed by atoms with Gasteiger partial charge in [0.05, 0.1) is 0 Å². The van der Waals surface area contributed by atoms with Crippen LogP contribution in [-0.2, 0) is 5.41 Å². The van der Waals surface area contributed by atoms with Gasteiger partial charge in [-0.25, -0.2) is 4.79 Å². The van der Waals surface area contributed by atoms with Crippen molar-refractivity contribution in [1.29, 1.82) is 0 Å². The third-order valence-electron chi connectivity index (χ3n) is 5.91. The highest BCUT2D eigenvalue weighted by Gasteiger charge is 2.26. The minimum absolute atomic E-state index is 0.230. The van der Waals surface area contributed by atoms with E-state index in [1.807, 2.05) is 36.4 Å². The molecule has 1 aliphatic heterocycles. The molecule has 2 aromatic rings. The third kappa shape index (κ3) is 4.70. The molecule has 0 spiro atoms. The van der Waals surface area contributed by atoms with E-state index in [0.29, 0.717) is 24.8 Å². The molecule has 0 unspecified atom stereocenters. The highest BCUT2D eigenvalue weighted by molar-refractivity contribution is 5.70. The highest BCUT2D eigenvalue weighted by atomic mass is 16.6. The Morgan fingerprint density at radius 2 is 1.59 bits per heavy atom. The van der Waals surface area contributed by atoms with Crippen LogP contribution in [0.15, 0.2) is 73.3 Å². The van der Waals surface area contributed by atoms with Crippen molar-refractivity contribution in [2.75, 3.05) is 13.1 Å². The lowest BCUT2D eigenvalue weighted by atomic mass is 9.78. The molecule has 4 nitrogen and oxygen atoms in total. The smallest absolute Gasteiger partial charge is 0.415 e. The second-order valence-corrected chi connectivity index (χ2v) is 8.10. The first kappa shape index (κ1) is 20.7. The topological polar surface area (TPSA) is 49.8 Å². The molecule has 1 saturated heterocycles. The predicted molar refractivity (Wildman–Crippen MR) is 116 cm³/mol. The summed E-state index contributed by atoms with van der Waals surface area (Å²) in [5, 5.41) is 9.51. The number of piperidine rings is 1. The molecule has 4 heteroatoms. The number of ether oxygens (including phenoxy) is 1. The van der Waals surface area contributed by atoms with E-state index in [4.69, 9.17) is 4.74 Å². The number of hydrogen-bond donors (Lipinski definition) is 1. The third-order valence-corrected chi connectivity index (χ3v) is 5.91. The summed E-state index contributed by atoms with van der Waals surface area (Å²) in [5.74, 6) is 1.19. The van der Waals surface area contributed by atoms with Gasteiger partial charge >= 0.3 is 6.09 Å². The summed E-state index contributed by atoms with van der Waals surface area (Å²) in [6.45, 7) is 13.4. The Morgan fingerprint density at radius 1 is 1.07 bits per heavy atom. The van der Waals surface area contributed by atoms with E-state index in [-0.39, 0.29) is 17.3 Å². The first-order valence-electron chi connectivity index (χ1n) is 9.99. The number of phenolic OH excluding ortho intramolecular Hbond substituents is 1. The summed E-state index contributed by atoms with van der Waals surface area (Å²) in [4.78, 5) is 14.2. The van der Waals surface area contributed by atoms with Crippen molar-refractivity contribution in [1.82, 2.24) is 4.90 Å². The maximum absolute atomic E-state index is 12.5. The molecule has 1 N–H and O–H groups in total. The summed E-state index contributed by atoms with van der Waals surface area (Å²) in [6.07, 6.45) is 3.28. The Hall–Kier alpha value is -3.01. The summed E-state index contributed by atoms with van der Waals surface area (Å²) in [5.41, 5.74) is 3.02. The van der Waals surface area contributed by atoms with Crippen LogP contribution in [-0.4, -0.2) is 29.2 Å². The van der Waals surface area contributed by atoms with Gasteiger partial charge in [0.25, 0.3) is 0 Å². The van der Waals surface area contributed by atoms with E-state index in [1.165, 1.54) is 0 Å². The normalized spacial score (nSPS) is 15.0. The Bertz CT molecular complexity index is 873. The van der Waals surface area contributed by atoms with Gasteiger partial charge in [-0.3, -0.25) is 0 Å². The van der Waals surface area contributed by atoms with Gasteiger partial charge in [0, 0.05) is 18.5 Å². The quantitative estimate of drug-likeness (QED) is 0.668. The first-order chi connectivity index (χ1) is 13.8. The number of benzene rings is 2. The number of aromatic hydroxyl groups is 1. The van der Waals surface area contributed by atoms with Gasteiger partial charge in [-0.05, 0) is 54.2 Å². The van der Waals surface area contributed by atoms with E-state index < -0.39 is 0 Å². The van der Waals surface area contributed by atoms with E-state index in [1.54, 1.807) is 23.1 Å². The zero-order valence-corrected chi connectivity index (χ0v) is 17.2. The van der Waals surface area contributed by atoms with Crippen molar-refractivity contribution in [3.63, 3.8) is 0 Å². The summed E-state index contributed by atoms with van der Waals surface area (Å²) in [7, 11) is 0. The average molecular weight is 392 g/mol. The molecule has 152 valence electrons. The molecule has 29 heavy (non-hydrogen) atoms. The lowest BCUT2D eigenvalue weighted by Crippen LogP contribution is -2.40. The highest BCUT2D eigenvalue weighted by Crippen LogP contribution is 2.33. The van der Waals surface area contributed by atoms with Crippen molar-refractivity contribution in [3.8, 4) is 11.5 Å². The lowest BCUT2D eigenvalue weighted by molar-refractivity contribution is 0.135. The monoisotopic (exact) mass is 391 g/mol. The Balaban J connectivity index is 1.62. The van der Waals surface area contributed by atoms with Gasteiger partial charge in [-0.15, -0.1) is 0 Å². The van der Waals surface area contributed by atoms with Crippen molar-refractivity contribution in [2.24, 2.45) is 5.92 Å². The van der Waals surface area contributed by atoms with Crippen LogP contribution < -0.4 is 4.74 Å². The minimum atomic E-state index is -0.307. The molecular weight excluding hydrogens is 362 g/mol. The summed E-state index contributed by atoms with van der Waals surface area (Å²) < 4.78 is 5.58. The molecule has 0 atom stereocenters. The average Bonchev–Trinajstić information content (AvgIpc) is 2.74. The number of rotatable bonds is 5. The molecule has 2 aromatic carbocycles. The standard InChI is InChI=1S/C25H29NO3/c1-5-18(2)19-14-16-26(17-15-19)24(28)29-23-12-8-21(9-13-23)25(3,4)20-6-10-22(27)11-7-20/h5-13,19,27H,1-2,14-17H2,3-4H3. The second-order valence-electron chi connectivity index (χ2n) is 8.10. The van der Waals surface area contributed by atoms with Gasteiger partial charge in [-0.1, -0.05) is 62.9 Å². The molecule has 0 radical (unpaired) electrons. The summed E-state index contributed by atoms with van der Waals surface area (Å²) in [6, 6.07) is 14.9. The Kier molecular flexibility index (Phi) is 6.12. The van der Waals surface area contributed by atoms with Crippen molar-refractivity contribution < 1.29 is 14.6 Å². The zero-order valence-electron chi connectivity index (χ0n) is 17.2. The van der Waals surface area contributed by atoms with Crippen molar-refractivity contribution in [2.45, 2.75) is 32.1 Å². The fourth-order valence-corrected chi connectivity index (χ4v) is 3.75. The van der Waals surface area contributed by atoms with Crippen LogP contribution in [0.25, 0.3) is 0 Å². The fourth-order valence-electron chi connectivity index (χ4n) is 3.75. The SMILES string of the molecule is C=CC(=C)C1CCN(C(=O)Oc2ccc(C(C)(C)c3ccc(O)cc3)cc2)CC1. The molecule has 1 amide bonds. The number of allylic oxidation sites excluding steroid dienone is 2. The zero-order chi connectivity index (χ0) is 21.0. The summed E-state index contributed by atoms with van der Waals surface area (Å²) >= 11 is 0. The van der Waals surface area contributed by atoms with Gasteiger partial charge in [0.15, 0.2) is 0 Å². The molecule has 0 bridgehead atoms. The van der Waals surface area contributed by atoms with Gasteiger partial charge in [0.2, 0.25) is 0 Å². The van der Waals surface area contributed by atoms with Crippen LogP contribution in [0.5, 0.6) is 11.5 Å². The van der Waals surface area contributed by atoms with E-state index in [2.05, 4.69) is 27.0 Å². The molecule has 0 aliphatic carbocycles.